The molecule has 1 unspecified atom stereocenters. The zero-order chi connectivity index (χ0) is 10.6. The molecule has 0 aliphatic rings. The maximum Gasteiger partial charge on any atom is 0.235 e. The summed E-state index contributed by atoms with van der Waals surface area (Å²) in [6.07, 6.45) is 2.46. The number of isocyanates is 1. The van der Waals surface area contributed by atoms with Gasteiger partial charge in [0.1, 0.15) is 0 Å². The molecule has 0 aromatic heterocycles. The van der Waals surface area contributed by atoms with Gasteiger partial charge in [0.15, 0.2) is 0 Å². The van der Waals surface area contributed by atoms with Crippen molar-refractivity contribution in [1.82, 2.24) is 0 Å². The van der Waals surface area contributed by atoms with E-state index in [-0.39, 0.29) is 6.04 Å². The molecule has 0 saturated carbocycles. The van der Waals surface area contributed by atoms with E-state index in [1.165, 1.54) is 11.1 Å². The summed E-state index contributed by atoms with van der Waals surface area (Å²) in [7, 11) is 0. The first kappa shape index (κ1) is 10.7. The fourth-order valence-electron chi connectivity index (χ4n) is 1.67. The number of rotatable bonds is 3. The van der Waals surface area contributed by atoms with Gasteiger partial charge in [-0.1, -0.05) is 36.2 Å². The molecule has 0 radical (unpaired) electrons. The summed E-state index contributed by atoms with van der Waals surface area (Å²) in [4.78, 5) is 14.0. The largest absolute Gasteiger partial charge is 0.235 e. The van der Waals surface area contributed by atoms with Gasteiger partial charge >= 0.3 is 0 Å². The van der Waals surface area contributed by atoms with Gasteiger partial charge in [-0.15, -0.1) is 0 Å². The van der Waals surface area contributed by atoms with Gasteiger partial charge in [0, 0.05) is 0 Å². The van der Waals surface area contributed by atoms with Crippen molar-refractivity contribution in [3.05, 3.63) is 34.9 Å². The lowest BCUT2D eigenvalue weighted by atomic mass is 10.0. The Bertz CT molecular complexity index is 344. The normalized spacial score (nSPS) is 11.9. The Hall–Kier alpha value is -1.40. The highest BCUT2D eigenvalue weighted by Gasteiger charge is 2.07. The standard InChI is InChI=1S/C12H15NO/c1-4-12(13-8-14)11-6-9(2)5-10(3)7-11/h5-7,12H,4H2,1-3H3. The van der Waals surface area contributed by atoms with E-state index in [9.17, 15) is 4.79 Å². The quantitative estimate of drug-likeness (QED) is 0.530. The summed E-state index contributed by atoms with van der Waals surface area (Å²) in [5.41, 5.74) is 3.52. The van der Waals surface area contributed by atoms with E-state index in [4.69, 9.17) is 0 Å². The molecule has 1 atom stereocenters. The summed E-state index contributed by atoms with van der Waals surface area (Å²) in [5, 5.41) is 0. The van der Waals surface area contributed by atoms with Crippen molar-refractivity contribution < 1.29 is 4.79 Å². The van der Waals surface area contributed by atoms with Crippen LogP contribution in [0, 0.1) is 13.8 Å². The Morgan fingerprint density at radius 1 is 1.29 bits per heavy atom. The third-order valence-corrected chi connectivity index (χ3v) is 2.22. The Morgan fingerprint density at radius 3 is 2.29 bits per heavy atom. The van der Waals surface area contributed by atoms with Crippen LogP contribution in [0.1, 0.15) is 36.1 Å². The molecule has 0 N–H and O–H groups in total. The van der Waals surface area contributed by atoms with Crippen molar-refractivity contribution >= 4 is 6.08 Å². The fourth-order valence-corrected chi connectivity index (χ4v) is 1.67. The van der Waals surface area contributed by atoms with Crippen LogP contribution in [0.2, 0.25) is 0 Å². The van der Waals surface area contributed by atoms with Crippen LogP contribution in [0.4, 0.5) is 0 Å². The molecule has 0 bridgehead atoms. The second-order valence-corrected chi connectivity index (χ2v) is 3.57. The number of nitrogens with zero attached hydrogens (tertiary/aromatic N) is 1. The number of aliphatic imine (C=N–C) groups is 1. The van der Waals surface area contributed by atoms with Crippen molar-refractivity contribution in [1.29, 1.82) is 0 Å². The predicted octanol–water partition coefficient (Wildman–Crippen LogP) is 3.09. The van der Waals surface area contributed by atoms with E-state index in [2.05, 4.69) is 23.2 Å². The smallest absolute Gasteiger partial charge is 0.211 e. The van der Waals surface area contributed by atoms with Crippen LogP contribution in [0.15, 0.2) is 23.2 Å². The molecule has 0 aliphatic heterocycles. The average molecular weight is 189 g/mol. The van der Waals surface area contributed by atoms with Gasteiger partial charge in [0.05, 0.1) is 6.04 Å². The zero-order valence-corrected chi connectivity index (χ0v) is 8.87. The Balaban J connectivity index is 3.09. The molecular formula is C12H15NO. The molecule has 0 fully saturated rings. The van der Waals surface area contributed by atoms with Gasteiger partial charge in [-0.2, -0.15) is 4.99 Å². The Labute approximate surface area is 84.7 Å². The maximum absolute atomic E-state index is 10.2. The van der Waals surface area contributed by atoms with Gasteiger partial charge in [0.2, 0.25) is 6.08 Å². The Morgan fingerprint density at radius 2 is 1.86 bits per heavy atom. The summed E-state index contributed by atoms with van der Waals surface area (Å²) in [6, 6.07) is 6.22. The highest BCUT2D eigenvalue weighted by molar-refractivity contribution is 5.37. The highest BCUT2D eigenvalue weighted by atomic mass is 16.1. The number of hydrogen-bond acceptors (Lipinski definition) is 2. The van der Waals surface area contributed by atoms with Gasteiger partial charge < -0.3 is 0 Å². The van der Waals surface area contributed by atoms with Crippen molar-refractivity contribution in [2.24, 2.45) is 4.99 Å². The van der Waals surface area contributed by atoms with E-state index in [0.29, 0.717) is 0 Å². The molecule has 0 spiro atoms. The fraction of sp³-hybridized carbons (Fsp3) is 0.417. The Kier molecular flexibility index (Phi) is 3.61. The van der Waals surface area contributed by atoms with Crippen molar-refractivity contribution in [2.75, 3.05) is 0 Å². The van der Waals surface area contributed by atoms with Crippen LogP contribution in [0.25, 0.3) is 0 Å². The molecule has 0 amide bonds. The topological polar surface area (TPSA) is 29.4 Å². The molecule has 2 nitrogen and oxygen atoms in total. The minimum Gasteiger partial charge on any atom is -0.211 e. The molecule has 2 heteroatoms. The second kappa shape index (κ2) is 4.73. The zero-order valence-electron chi connectivity index (χ0n) is 8.87. The van der Waals surface area contributed by atoms with E-state index in [0.717, 1.165) is 12.0 Å². The maximum atomic E-state index is 10.2. The van der Waals surface area contributed by atoms with Gasteiger partial charge in [-0.25, -0.2) is 4.79 Å². The van der Waals surface area contributed by atoms with E-state index >= 15 is 0 Å². The first-order valence-electron chi connectivity index (χ1n) is 4.82. The van der Waals surface area contributed by atoms with E-state index in [1.807, 2.05) is 20.8 Å². The van der Waals surface area contributed by atoms with Crippen LogP contribution < -0.4 is 0 Å². The highest BCUT2D eigenvalue weighted by Crippen LogP contribution is 2.22. The van der Waals surface area contributed by atoms with Crippen LogP contribution in [-0.4, -0.2) is 6.08 Å². The molecular weight excluding hydrogens is 174 g/mol. The van der Waals surface area contributed by atoms with Crippen molar-refractivity contribution in [3.8, 4) is 0 Å². The summed E-state index contributed by atoms with van der Waals surface area (Å²) >= 11 is 0. The summed E-state index contributed by atoms with van der Waals surface area (Å²) in [5.74, 6) is 0. The van der Waals surface area contributed by atoms with Crippen LogP contribution in [-0.2, 0) is 4.79 Å². The number of aryl methyl sites for hydroxylation is 2. The molecule has 0 aliphatic carbocycles. The summed E-state index contributed by atoms with van der Waals surface area (Å²) < 4.78 is 0. The number of benzene rings is 1. The summed E-state index contributed by atoms with van der Waals surface area (Å²) in [6.45, 7) is 6.12. The molecule has 0 heterocycles. The second-order valence-electron chi connectivity index (χ2n) is 3.57. The van der Waals surface area contributed by atoms with E-state index in [1.54, 1.807) is 6.08 Å². The third-order valence-electron chi connectivity index (χ3n) is 2.22. The minimum absolute atomic E-state index is 0.0360. The average Bonchev–Trinajstić information content (AvgIpc) is 2.12. The first-order chi connectivity index (χ1) is 6.67. The van der Waals surface area contributed by atoms with Crippen molar-refractivity contribution in [2.45, 2.75) is 33.2 Å². The minimum atomic E-state index is -0.0360. The molecule has 1 rings (SSSR count). The van der Waals surface area contributed by atoms with Crippen molar-refractivity contribution in [3.63, 3.8) is 0 Å². The lowest BCUT2D eigenvalue weighted by Crippen LogP contribution is -1.95. The number of hydrogen-bond donors (Lipinski definition) is 0. The molecule has 1 aromatic rings. The SMILES string of the molecule is CCC(N=C=O)c1cc(C)cc(C)c1. The van der Waals surface area contributed by atoms with Crippen LogP contribution in [0.5, 0.6) is 0 Å². The molecule has 1 aromatic carbocycles. The first-order valence-corrected chi connectivity index (χ1v) is 4.82. The monoisotopic (exact) mass is 189 g/mol. The number of carbonyl (C=O) groups excluding carboxylic acids is 1. The molecule has 0 saturated heterocycles. The lowest BCUT2D eigenvalue weighted by molar-refractivity contribution is 0.556. The van der Waals surface area contributed by atoms with Crippen LogP contribution in [0.3, 0.4) is 0 Å². The van der Waals surface area contributed by atoms with Gasteiger partial charge in [0.25, 0.3) is 0 Å². The molecule has 14 heavy (non-hydrogen) atoms. The van der Waals surface area contributed by atoms with Gasteiger partial charge in [-0.3, -0.25) is 0 Å². The van der Waals surface area contributed by atoms with Crippen LogP contribution >= 0.6 is 0 Å². The van der Waals surface area contributed by atoms with E-state index < -0.39 is 0 Å². The van der Waals surface area contributed by atoms with Gasteiger partial charge in [-0.05, 0) is 25.8 Å². The lowest BCUT2D eigenvalue weighted by Gasteiger charge is -2.10. The molecule has 74 valence electrons. The third kappa shape index (κ3) is 2.54. The predicted molar refractivity (Wildman–Crippen MR) is 57.1 cm³/mol.